The molecule has 0 saturated carbocycles. The van der Waals surface area contributed by atoms with E-state index in [0.717, 1.165) is 17.1 Å². The highest BCUT2D eigenvalue weighted by Crippen LogP contribution is 2.26. The molecule has 0 unspecified atom stereocenters. The third kappa shape index (κ3) is 5.76. The summed E-state index contributed by atoms with van der Waals surface area (Å²) in [5, 5.41) is 0.502. The molecule has 2 aromatic rings. The van der Waals surface area contributed by atoms with E-state index in [1.165, 1.54) is 25.3 Å². The third-order valence-corrected chi connectivity index (χ3v) is 6.16. The molecule has 1 heterocycles. The minimum absolute atomic E-state index is 0.000844. The van der Waals surface area contributed by atoms with E-state index in [-0.39, 0.29) is 21.5 Å². The summed E-state index contributed by atoms with van der Waals surface area (Å²) in [5.74, 6) is 1.51. The molecule has 2 rings (SSSR count). The molecule has 0 saturated heterocycles. The Hall–Kier alpha value is -0.990. The summed E-state index contributed by atoms with van der Waals surface area (Å²) in [6.07, 6.45) is 2.76. The molecule has 0 radical (unpaired) electrons. The van der Waals surface area contributed by atoms with E-state index in [1.54, 1.807) is 18.0 Å². The Kier molecular flexibility index (Phi) is 7.39. The first-order valence-corrected chi connectivity index (χ1v) is 10.7. The quantitative estimate of drug-likeness (QED) is 0.641. The first-order valence-electron chi connectivity index (χ1n) is 7.47. The van der Waals surface area contributed by atoms with Gasteiger partial charge in [0, 0.05) is 21.1 Å². The molecule has 0 atom stereocenters. The molecule has 0 bridgehead atoms. The molecular formula is C16H18Cl2N2O3S2. The van der Waals surface area contributed by atoms with Crippen molar-refractivity contribution < 1.29 is 13.2 Å². The van der Waals surface area contributed by atoms with Gasteiger partial charge in [-0.15, -0.1) is 11.8 Å². The highest BCUT2D eigenvalue weighted by molar-refractivity contribution is 7.99. The fraction of sp³-hybridized carbons (Fsp3) is 0.312. The Morgan fingerprint density at radius 2 is 1.88 bits per heavy atom. The number of ether oxygens (including phenoxy) is 1. The summed E-state index contributed by atoms with van der Waals surface area (Å²) in [5.41, 5.74) is 0.500. The molecule has 1 aromatic heterocycles. The molecule has 0 fully saturated rings. The van der Waals surface area contributed by atoms with Crippen LogP contribution < -0.4 is 9.46 Å². The number of halogens is 2. The van der Waals surface area contributed by atoms with Gasteiger partial charge in [0.25, 0.3) is 0 Å². The number of sulfonamides is 1. The second kappa shape index (κ2) is 9.09. The molecule has 0 aliphatic carbocycles. The number of rotatable bonds is 8. The second-order valence-corrected chi connectivity index (χ2v) is 8.91. The van der Waals surface area contributed by atoms with Crippen LogP contribution in [-0.2, 0) is 16.6 Å². The van der Waals surface area contributed by atoms with E-state index in [0.29, 0.717) is 11.4 Å². The minimum atomic E-state index is -3.77. The molecule has 9 heteroatoms. The lowest BCUT2D eigenvalue weighted by molar-refractivity contribution is 0.404. The summed E-state index contributed by atoms with van der Waals surface area (Å²) in [6, 6.07) is 6.00. The van der Waals surface area contributed by atoms with Crippen LogP contribution in [0.4, 0.5) is 0 Å². The molecule has 0 spiro atoms. The van der Waals surface area contributed by atoms with Gasteiger partial charge in [-0.2, -0.15) is 0 Å². The first-order chi connectivity index (χ1) is 11.9. The number of aromatic nitrogens is 1. The molecule has 136 valence electrons. The molecule has 1 N–H and O–H groups in total. The molecular weight excluding hydrogens is 403 g/mol. The van der Waals surface area contributed by atoms with Crippen molar-refractivity contribution in [2.45, 2.75) is 29.7 Å². The van der Waals surface area contributed by atoms with Crippen molar-refractivity contribution in [3.8, 4) is 5.75 Å². The maximum atomic E-state index is 12.4. The van der Waals surface area contributed by atoms with Gasteiger partial charge in [-0.1, -0.05) is 30.1 Å². The third-order valence-electron chi connectivity index (χ3n) is 3.17. The number of nitrogens with one attached hydrogen (secondary N) is 1. The normalized spacial score (nSPS) is 11.5. The maximum absolute atomic E-state index is 12.4. The average Bonchev–Trinajstić information content (AvgIpc) is 2.57. The molecule has 1 aromatic carbocycles. The van der Waals surface area contributed by atoms with Crippen molar-refractivity contribution in [3.63, 3.8) is 0 Å². The molecule has 0 aliphatic rings. The van der Waals surface area contributed by atoms with Crippen molar-refractivity contribution in [1.82, 2.24) is 9.71 Å². The maximum Gasteiger partial charge on any atom is 0.241 e. The van der Waals surface area contributed by atoms with Gasteiger partial charge < -0.3 is 4.74 Å². The van der Waals surface area contributed by atoms with E-state index in [4.69, 9.17) is 27.9 Å². The lowest BCUT2D eigenvalue weighted by atomic mass is 10.3. The van der Waals surface area contributed by atoms with Crippen molar-refractivity contribution in [2.24, 2.45) is 0 Å². The second-order valence-electron chi connectivity index (χ2n) is 5.10. The first kappa shape index (κ1) is 20.3. The number of hydrogen-bond acceptors (Lipinski definition) is 5. The summed E-state index contributed by atoms with van der Waals surface area (Å²) in [7, 11) is -2.24. The number of methoxy groups -OCH3 is 1. The number of pyridine rings is 1. The van der Waals surface area contributed by atoms with Crippen LogP contribution in [0.3, 0.4) is 0 Å². The molecule has 5 nitrogen and oxygen atoms in total. The summed E-state index contributed by atoms with van der Waals surface area (Å²) < 4.78 is 32.6. The van der Waals surface area contributed by atoms with Gasteiger partial charge in [0.1, 0.15) is 5.75 Å². The minimum Gasteiger partial charge on any atom is -0.495 e. The summed E-state index contributed by atoms with van der Waals surface area (Å²) >= 11 is 13.4. The monoisotopic (exact) mass is 420 g/mol. The van der Waals surface area contributed by atoms with Crippen LogP contribution in [0.25, 0.3) is 0 Å². The highest BCUT2D eigenvalue weighted by Gasteiger charge is 2.17. The van der Waals surface area contributed by atoms with E-state index in [2.05, 4.69) is 16.6 Å². The Morgan fingerprint density at radius 3 is 2.48 bits per heavy atom. The average molecular weight is 421 g/mol. The van der Waals surface area contributed by atoms with Crippen LogP contribution in [0.5, 0.6) is 5.75 Å². The van der Waals surface area contributed by atoms with Crippen LogP contribution >= 0.6 is 35.0 Å². The SMILES string of the molecule is CCCSc1cnc(CNS(=O)(=O)c2cc(Cl)cc(Cl)c2)c(OC)c1. The zero-order valence-corrected chi connectivity index (χ0v) is 16.9. The lowest BCUT2D eigenvalue weighted by Gasteiger charge is -2.11. The standard InChI is InChI=1S/C16H18Cl2N2O3S2/c1-3-4-24-13-8-16(23-2)15(19-9-13)10-20-25(21,22)14-6-11(17)5-12(18)7-14/h5-9,20H,3-4,10H2,1-2H3. The van der Waals surface area contributed by atoms with Crippen molar-refractivity contribution >= 4 is 45.0 Å². The van der Waals surface area contributed by atoms with Crippen LogP contribution in [0, 0.1) is 0 Å². The van der Waals surface area contributed by atoms with Crippen LogP contribution in [-0.4, -0.2) is 26.3 Å². The number of nitrogens with zero attached hydrogens (tertiary/aromatic N) is 1. The van der Waals surface area contributed by atoms with Crippen LogP contribution in [0.1, 0.15) is 19.0 Å². The van der Waals surface area contributed by atoms with Crippen molar-refractivity contribution in [1.29, 1.82) is 0 Å². The van der Waals surface area contributed by atoms with Gasteiger partial charge in [-0.3, -0.25) is 4.98 Å². The Labute approximate surface area is 162 Å². The van der Waals surface area contributed by atoms with Gasteiger partial charge in [-0.25, -0.2) is 13.1 Å². The van der Waals surface area contributed by atoms with Crippen molar-refractivity contribution in [2.75, 3.05) is 12.9 Å². The van der Waals surface area contributed by atoms with E-state index >= 15 is 0 Å². The van der Waals surface area contributed by atoms with Gasteiger partial charge in [0.2, 0.25) is 10.0 Å². The largest absolute Gasteiger partial charge is 0.495 e. The fourth-order valence-electron chi connectivity index (χ4n) is 1.99. The van der Waals surface area contributed by atoms with Gasteiger partial charge in [0.05, 0.1) is 24.2 Å². The van der Waals surface area contributed by atoms with E-state index < -0.39 is 10.0 Å². The highest BCUT2D eigenvalue weighted by atomic mass is 35.5. The Morgan fingerprint density at radius 1 is 1.20 bits per heavy atom. The predicted octanol–water partition coefficient (Wildman–Crippen LogP) is 4.38. The summed E-state index contributed by atoms with van der Waals surface area (Å²) in [4.78, 5) is 5.29. The van der Waals surface area contributed by atoms with Gasteiger partial charge in [0.15, 0.2) is 0 Å². The van der Waals surface area contributed by atoms with Crippen molar-refractivity contribution in [3.05, 3.63) is 46.2 Å². The topological polar surface area (TPSA) is 68.3 Å². The number of hydrogen-bond donors (Lipinski definition) is 1. The summed E-state index contributed by atoms with van der Waals surface area (Å²) in [6.45, 7) is 2.09. The molecule has 0 aliphatic heterocycles. The lowest BCUT2D eigenvalue weighted by Crippen LogP contribution is -2.24. The fourth-order valence-corrected chi connectivity index (χ4v) is 4.46. The van der Waals surface area contributed by atoms with Gasteiger partial charge >= 0.3 is 0 Å². The van der Waals surface area contributed by atoms with Crippen LogP contribution in [0.15, 0.2) is 40.3 Å². The zero-order valence-electron chi connectivity index (χ0n) is 13.8. The molecule has 25 heavy (non-hydrogen) atoms. The Bertz CT molecular complexity index is 825. The number of benzene rings is 1. The van der Waals surface area contributed by atoms with Crippen LogP contribution in [0.2, 0.25) is 10.0 Å². The van der Waals surface area contributed by atoms with Gasteiger partial charge in [-0.05, 0) is 36.4 Å². The predicted molar refractivity (Wildman–Crippen MR) is 102 cm³/mol. The smallest absolute Gasteiger partial charge is 0.241 e. The van der Waals surface area contributed by atoms with E-state index in [1.807, 2.05) is 6.07 Å². The Balaban J connectivity index is 2.16. The molecule has 0 amide bonds. The van der Waals surface area contributed by atoms with E-state index in [9.17, 15) is 8.42 Å². The number of thioether (sulfide) groups is 1. The zero-order chi connectivity index (χ0) is 18.4.